The number of hydrogen-bond acceptors (Lipinski definition) is 3. The highest BCUT2D eigenvalue weighted by Gasteiger charge is 2.68. The summed E-state index contributed by atoms with van der Waals surface area (Å²) in [6.45, 7) is 0.259. The van der Waals surface area contributed by atoms with Crippen LogP contribution in [0.25, 0.3) is 0 Å². The van der Waals surface area contributed by atoms with Gasteiger partial charge in [-0.15, -0.1) is 4.40 Å². The SMILES string of the molecule is O=S1(=O)N=C2CCCC3C(c4ccccc4)C23CCO1. The van der Waals surface area contributed by atoms with Crippen LogP contribution in [0, 0.1) is 11.3 Å². The summed E-state index contributed by atoms with van der Waals surface area (Å²) >= 11 is 0. The monoisotopic (exact) mass is 291 g/mol. The van der Waals surface area contributed by atoms with E-state index in [0.29, 0.717) is 11.8 Å². The van der Waals surface area contributed by atoms with Gasteiger partial charge in [0.25, 0.3) is 0 Å². The predicted molar refractivity (Wildman–Crippen MR) is 75.9 cm³/mol. The second kappa shape index (κ2) is 4.15. The highest BCUT2D eigenvalue weighted by molar-refractivity contribution is 7.85. The lowest BCUT2D eigenvalue weighted by atomic mass is 9.83. The molecule has 2 saturated carbocycles. The molecule has 1 aromatic carbocycles. The molecule has 2 aliphatic carbocycles. The van der Waals surface area contributed by atoms with Crippen molar-refractivity contribution in [2.45, 2.75) is 31.6 Å². The summed E-state index contributed by atoms with van der Waals surface area (Å²) in [7, 11) is -3.72. The van der Waals surface area contributed by atoms with Gasteiger partial charge in [0.15, 0.2) is 0 Å². The van der Waals surface area contributed by atoms with Crippen LogP contribution >= 0.6 is 0 Å². The minimum atomic E-state index is -3.72. The molecule has 1 aliphatic heterocycles. The molecular weight excluding hydrogens is 274 g/mol. The molecule has 4 nitrogen and oxygen atoms in total. The van der Waals surface area contributed by atoms with Gasteiger partial charge in [-0.25, -0.2) is 0 Å². The second-order valence-electron chi connectivity index (χ2n) is 5.97. The zero-order valence-electron chi connectivity index (χ0n) is 11.2. The number of hydrogen-bond donors (Lipinski definition) is 0. The minimum absolute atomic E-state index is 0.0524. The highest BCUT2D eigenvalue weighted by Crippen LogP contribution is 2.72. The highest BCUT2D eigenvalue weighted by atomic mass is 32.2. The molecule has 0 radical (unpaired) electrons. The summed E-state index contributed by atoms with van der Waals surface area (Å²) in [6, 6.07) is 10.4. The van der Waals surface area contributed by atoms with E-state index < -0.39 is 10.3 Å². The van der Waals surface area contributed by atoms with E-state index in [1.165, 1.54) is 12.0 Å². The molecule has 1 spiro atoms. The zero-order valence-corrected chi connectivity index (χ0v) is 12.0. The van der Waals surface area contributed by atoms with Crippen LogP contribution in [-0.4, -0.2) is 20.7 Å². The molecule has 3 unspecified atom stereocenters. The van der Waals surface area contributed by atoms with Crippen molar-refractivity contribution in [1.29, 1.82) is 0 Å². The molecule has 2 fully saturated rings. The van der Waals surface area contributed by atoms with Gasteiger partial charge in [0.2, 0.25) is 0 Å². The first-order valence-corrected chi connectivity index (χ1v) is 8.54. The fraction of sp³-hybridized carbons (Fsp3) is 0.533. The quantitative estimate of drug-likeness (QED) is 0.799. The van der Waals surface area contributed by atoms with E-state index in [1.807, 2.05) is 6.07 Å². The van der Waals surface area contributed by atoms with Crippen molar-refractivity contribution in [3.63, 3.8) is 0 Å². The molecule has 3 aliphatic rings. The van der Waals surface area contributed by atoms with Crippen molar-refractivity contribution in [3.8, 4) is 0 Å². The third kappa shape index (κ3) is 1.69. The third-order valence-corrected chi connectivity index (χ3v) is 6.01. The first-order chi connectivity index (χ1) is 9.63. The second-order valence-corrected chi connectivity index (χ2v) is 7.24. The van der Waals surface area contributed by atoms with E-state index in [9.17, 15) is 8.42 Å². The van der Waals surface area contributed by atoms with Gasteiger partial charge < -0.3 is 0 Å². The maximum atomic E-state index is 11.7. The lowest BCUT2D eigenvalue weighted by molar-refractivity contribution is 0.291. The van der Waals surface area contributed by atoms with Crippen molar-refractivity contribution in [2.24, 2.45) is 15.7 Å². The van der Waals surface area contributed by atoms with Crippen molar-refractivity contribution in [2.75, 3.05) is 6.61 Å². The number of nitrogens with zero attached hydrogens (tertiary/aromatic N) is 1. The molecule has 1 heterocycles. The van der Waals surface area contributed by atoms with Crippen molar-refractivity contribution in [1.82, 2.24) is 0 Å². The Kier molecular flexibility index (Phi) is 2.60. The zero-order chi connectivity index (χ0) is 13.8. The Morgan fingerprint density at radius 2 is 2.05 bits per heavy atom. The fourth-order valence-electron chi connectivity index (χ4n) is 4.34. The first kappa shape index (κ1) is 12.5. The Labute approximate surface area is 119 Å². The molecule has 0 saturated heterocycles. The summed E-state index contributed by atoms with van der Waals surface area (Å²) in [4.78, 5) is 0. The molecule has 0 amide bonds. The summed E-state index contributed by atoms with van der Waals surface area (Å²) in [5, 5.41) is 0. The van der Waals surface area contributed by atoms with E-state index in [0.717, 1.165) is 25.0 Å². The summed E-state index contributed by atoms with van der Waals surface area (Å²) < 4.78 is 32.4. The van der Waals surface area contributed by atoms with E-state index in [1.54, 1.807) is 0 Å². The topological polar surface area (TPSA) is 55.7 Å². The number of benzene rings is 1. The predicted octanol–water partition coefficient (Wildman–Crippen LogP) is 2.68. The largest absolute Gasteiger partial charge is 0.380 e. The van der Waals surface area contributed by atoms with E-state index >= 15 is 0 Å². The van der Waals surface area contributed by atoms with Gasteiger partial charge in [-0.1, -0.05) is 30.3 Å². The summed E-state index contributed by atoms with van der Waals surface area (Å²) in [5.74, 6) is 0.955. The molecule has 3 atom stereocenters. The van der Waals surface area contributed by atoms with Crippen molar-refractivity contribution in [3.05, 3.63) is 35.9 Å². The third-order valence-electron chi connectivity index (χ3n) is 5.10. The lowest BCUT2D eigenvalue weighted by Crippen LogP contribution is -2.23. The van der Waals surface area contributed by atoms with Crippen LogP contribution < -0.4 is 0 Å². The fourth-order valence-corrected chi connectivity index (χ4v) is 5.22. The molecule has 0 aromatic heterocycles. The molecular formula is C15H17NO3S. The van der Waals surface area contributed by atoms with Gasteiger partial charge >= 0.3 is 10.3 Å². The van der Waals surface area contributed by atoms with Crippen LogP contribution in [0.1, 0.15) is 37.2 Å². The summed E-state index contributed by atoms with van der Waals surface area (Å²) in [6.07, 6.45) is 3.76. The van der Waals surface area contributed by atoms with E-state index in [2.05, 4.69) is 28.7 Å². The molecule has 1 aromatic rings. The van der Waals surface area contributed by atoms with Gasteiger partial charge in [-0.3, -0.25) is 4.18 Å². The van der Waals surface area contributed by atoms with Crippen molar-refractivity contribution >= 4 is 16.0 Å². The molecule has 0 bridgehead atoms. The van der Waals surface area contributed by atoms with Gasteiger partial charge in [0, 0.05) is 11.1 Å². The Morgan fingerprint density at radius 3 is 2.85 bits per heavy atom. The standard InChI is InChI=1S/C15H17NO3S/c17-20(18)16-13-8-4-7-12-14(11-5-2-1-3-6-11)15(12,13)9-10-19-20/h1-3,5-6,12,14H,4,7-10H2. The van der Waals surface area contributed by atoms with Gasteiger partial charge in [-0.05, 0) is 43.1 Å². The Morgan fingerprint density at radius 1 is 1.25 bits per heavy atom. The van der Waals surface area contributed by atoms with Crippen LogP contribution in [0.3, 0.4) is 0 Å². The molecule has 20 heavy (non-hydrogen) atoms. The van der Waals surface area contributed by atoms with Gasteiger partial charge in [-0.2, -0.15) is 8.42 Å². The average Bonchev–Trinajstić information content (AvgIpc) is 3.11. The van der Waals surface area contributed by atoms with Crippen LogP contribution in [0.5, 0.6) is 0 Å². The summed E-state index contributed by atoms with van der Waals surface area (Å²) in [5.41, 5.74) is 2.12. The Balaban J connectivity index is 1.80. The maximum absolute atomic E-state index is 11.7. The average molecular weight is 291 g/mol. The Bertz CT molecular complexity index is 668. The van der Waals surface area contributed by atoms with E-state index in [-0.39, 0.29) is 12.0 Å². The normalized spacial score (nSPS) is 38.1. The van der Waals surface area contributed by atoms with Gasteiger partial charge in [0.05, 0.1) is 6.61 Å². The smallest absolute Gasteiger partial charge is 0.252 e. The molecule has 106 valence electrons. The van der Waals surface area contributed by atoms with Crippen LogP contribution in [0.4, 0.5) is 0 Å². The van der Waals surface area contributed by atoms with Gasteiger partial charge in [0.1, 0.15) is 0 Å². The maximum Gasteiger partial charge on any atom is 0.380 e. The van der Waals surface area contributed by atoms with Crippen LogP contribution in [0.15, 0.2) is 34.7 Å². The van der Waals surface area contributed by atoms with Crippen LogP contribution in [0.2, 0.25) is 0 Å². The number of rotatable bonds is 1. The first-order valence-electron chi connectivity index (χ1n) is 7.17. The molecule has 0 N–H and O–H groups in total. The Hall–Kier alpha value is -1.20. The molecule has 4 rings (SSSR count). The minimum Gasteiger partial charge on any atom is -0.252 e. The molecule has 5 heteroatoms. The van der Waals surface area contributed by atoms with Crippen molar-refractivity contribution < 1.29 is 12.6 Å². The lowest BCUT2D eigenvalue weighted by Gasteiger charge is -2.21. The van der Waals surface area contributed by atoms with Crippen LogP contribution in [-0.2, 0) is 14.5 Å². The van der Waals surface area contributed by atoms with E-state index in [4.69, 9.17) is 4.18 Å².